The zero-order valence-electron chi connectivity index (χ0n) is 31.5. The van der Waals surface area contributed by atoms with E-state index in [9.17, 15) is 42.3 Å². The zero-order valence-corrected chi connectivity index (χ0v) is 31.5. The number of halogens is 2. The van der Waals surface area contributed by atoms with Gasteiger partial charge in [0, 0.05) is 32.6 Å². The molecular weight excluding hydrogens is 718 g/mol. The van der Waals surface area contributed by atoms with Crippen LogP contribution in [0.1, 0.15) is 77.2 Å². The number of hydrogen-bond acceptors (Lipinski definition) is 8. The number of cyclic esters (lactones) is 1. The van der Waals surface area contributed by atoms with Crippen LogP contribution in [-0.4, -0.2) is 119 Å². The number of esters is 1. The minimum atomic E-state index is -1.53. The Hall–Kier alpha value is -4.63. The van der Waals surface area contributed by atoms with E-state index in [4.69, 9.17) is 4.74 Å². The lowest BCUT2D eigenvalue weighted by Crippen LogP contribution is -2.61. The van der Waals surface area contributed by atoms with Crippen LogP contribution in [0.15, 0.2) is 18.2 Å². The first-order chi connectivity index (χ1) is 26.1. The first kappa shape index (κ1) is 38.6. The van der Waals surface area contributed by atoms with Gasteiger partial charge in [-0.3, -0.25) is 28.8 Å². The number of fused-ring (bicyclic) bond motifs is 2. The molecule has 4 saturated carbocycles. The van der Waals surface area contributed by atoms with Crippen molar-refractivity contribution in [2.75, 3.05) is 26.7 Å². The van der Waals surface area contributed by atoms with Gasteiger partial charge in [-0.05, 0) is 107 Å². The van der Waals surface area contributed by atoms with Crippen LogP contribution in [0.4, 0.5) is 8.78 Å². The summed E-state index contributed by atoms with van der Waals surface area (Å²) in [6.45, 7) is 2.72. The van der Waals surface area contributed by atoms with E-state index in [1.54, 1.807) is 0 Å². The standard InChI is InChI=1S/C39H50F2N6O8/c1-20-34(50)47-9-5-7-31(47)37(53)55-19-29(35(51)46-8-4-6-30(46)36(52)45(3)21(2)32(48)42-20)43-33(49)28(15-22-13-26(40)16-27(41)14-22)44-38(54)39-17-23-10-24(18-39)12-25(39)11-23/h13-14,16,20-21,23-25,28-31H,4-12,15,17-19H2,1-3H3,(H,42,48)(H,43,49)(H,44,54)/t20-,21-,23-,24+,25+,28-,29-,30-,31-,39-/m0/s1. The van der Waals surface area contributed by atoms with Gasteiger partial charge in [0.05, 0.1) is 5.41 Å². The van der Waals surface area contributed by atoms with E-state index >= 15 is 0 Å². The molecule has 4 bridgehead atoms. The smallest absolute Gasteiger partial charge is 0.328 e. The highest BCUT2D eigenvalue weighted by molar-refractivity contribution is 5.98. The lowest BCUT2D eigenvalue weighted by Gasteiger charge is -2.35. The average molecular weight is 769 g/mol. The fourth-order valence-electron chi connectivity index (χ4n) is 10.4. The van der Waals surface area contributed by atoms with Crippen LogP contribution in [0.2, 0.25) is 0 Å². The van der Waals surface area contributed by atoms with Gasteiger partial charge in [0.1, 0.15) is 54.5 Å². The minimum absolute atomic E-state index is 0.107. The highest BCUT2D eigenvalue weighted by Crippen LogP contribution is 2.65. The molecule has 0 unspecified atom stereocenters. The molecule has 3 saturated heterocycles. The molecule has 3 aliphatic heterocycles. The Morgan fingerprint density at radius 1 is 0.891 bits per heavy atom. The fraction of sp³-hybridized carbons (Fsp3) is 0.667. The van der Waals surface area contributed by atoms with Crippen molar-refractivity contribution in [1.29, 1.82) is 0 Å². The Balaban J connectivity index is 1.18. The van der Waals surface area contributed by atoms with E-state index in [1.165, 1.54) is 35.6 Å². The first-order valence-electron chi connectivity index (χ1n) is 19.6. The minimum Gasteiger partial charge on any atom is -0.461 e. The van der Waals surface area contributed by atoms with E-state index < -0.39 is 95.4 Å². The van der Waals surface area contributed by atoms with Crippen LogP contribution in [0, 0.1) is 34.8 Å². The monoisotopic (exact) mass is 768 g/mol. The second-order valence-electron chi connectivity index (χ2n) is 16.6. The fourth-order valence-corrected chi connectivity index (χ4v) is 10.4. The maximum absolute atomic E-state index is 14.4. The summed E-state index contributed by atoms with van der Waals surface area (Å²) in [4.78, 5) is 101. The van der Waals surface area contributed by atoms with Crippen molar-refractivity contribution in [3.05, 3.63) is 35.4 Å². The molecule has 16 heteroatoms. The zero-order chi connectivity index (χ0) is 39.3. The maximum Gasteiger partial charge on any atom is 0.328 e. The van der Waals surface area contributed by atoms with Crippen LogP contribution >= 0.6 is 0 Å². The van der Waals surface area contributed by atoms with Gasteiger partial charge in [-0.2, -0.15) is 0 Å². The molecule has 0 spiro atoms. The third-order valence-corrected chi connectivity index (χ3v) is 13.1. The number of nitrogens with zero attached hydrogens (tertiary/aromatic N) is 3. The number of carbonyl (C=O) groups is 7. The van der Waals surface area contributed by atoms with Gasteiger partial charge >= 0.3 is 5.97 Å². The molecule has 6 amide bonds. The number of ether oxygens (including phenoxy) is 1. The Kier molecular flexibility index (Phi) is 10.6. The van der Waals surface area contributed by atoms with Gasteiger partial charge < -0.3 is 35.4 Å². The molecule has 7 aliphatic rings. The average Bonchev–Trinajstić information content (AvgIpc) is 3.93. The summed E-state index contributed by atoms with van der Waals surface area (Å²) >= 11 is 0. The van der Waals surface area contributed by atoms with Crippen molar-refractivity contribution in [2.24, 2.45) is 23.2 Å². The molecule has 7 fully saturated rings. The summed E-state index contributed by atoms with van der Waals surface area (Å²) in [7, 11) is 1.44. The summed E-state index contributed by atoms with van der Waals surface area (Å²) in [6.07, 6.45) is 5.55. The largest absolute Gasteiger partial charge is 0.461 e. The van der Waals surface area contributed by atoms with Crippen LogP contribution in [0.3, 0.4) is 0 Å². The van der Waals surface area contributed by atoms with E-state index in [1.807, 2.05) is 0 Å². The van der Waals surface area contributed by atoms with Crippen molar-refractivity contribution in [3.63, 3.8) is 0 Å². The molecule has 4 aliphatic carbocycles. The number of hydrogen-bond donors (Lipinski definition) is 3. The van der Waals surface area contributed by atoms with Crippen molar-refractivity contribution in [1.82, 2.24) is 30.7 Å². The van der Waals surface area contributed by atoms with E-state index in [0.717, 1.165) is 31.4 Å². The van der Waals surface area contributed by atoms with Gasteiger partial charge in [-0.25, -0.2) is 13.6 Å². The number of benzene rings is 1. The second-order valence-corrected chi connectivity index (χ2v) is 16.6. The molecule has 10 atom stereocenters. The Morgan fingerprint density at radius 3 is 2.16 bits per heavy atom. The van der Waals surface area contributed by atoms with Crippen LogP contribution < -0.4 is 16.0 Å². The molecule has 1 aromatic rings. The molecule has 3 heterocycles. The third-order valence-electron chi connectivity index (χ3n) is 13.1. The summed E-state index contributed by atoms with van der Waals surface area (Å²) in [5, 5.41) is 8.20. The lowest BCUT2D eigenvalue weighted by atomic mass is 9.74. The van der Waals surface area contributed by atoms with E-state index in [-0.39, 0.29) is 49.7 Å². The van der Waals surface area contributed by atoms with Gasteiger partial charge in [-0.15, -0.1) is 0 Å². The summed E-state index contributed by atoms with van der Waals surface area (Å²) < 4.78 is 34.4. The normalized spacial score (nSPS) is 34.3. The van der Waals surface area contributed by atoms with Crippen LogP contribution in [0.25, 0.3) is 0 Å². The molecular formula is C39H50F2N6O8. The molecule has 3 N–H and O–H groups in total. The summed E-state index contributed by atoms with van der Waals surface area (Å²) in [5.41, 5.74) is -0.534. The Labute approximate surface area is 318 Å². The topological polar surface area (TPSA) is 175 Å². The maximum atomic E-state index is 14.4. The van der Waals surface area contributed by atoms with Gasteiger partial charge in [-0.1, -0.05) is 0 Å². The predicted octanol–water partition coefficient (Wildman–Crippen LogP) is 1.19. The van der Waals surface area contributed by atoms with Crippen molar-refractivity contribution in [3.8, 4) is 0 Å². The van der Waals surface area contributed by atoms with Crippen molar-refractivity contribution >= 4 is 41.4 Å². The highest BCUT2D eigenvalue weighted by atomic mass is 19.1. The van der Waals surface area contributed by atoms with Crippen LogP contribution in [0.5, 0.6) is 0 Å². The third kappa shape index (κ3) is 7.40. The van der Waals surface area contributed by atoms with E-state index in [0.29, 0.717) is 43.6 Å². The molecule has 0 radical (unpaired) electrons. The molecule has 55 heavy (non-hydrogen) atoms. The van der Waals surface area contributed by atoms with Gasteiger partial charge in [0.15, 0.2) is 0 Å². The van der Waals surface area contributed by atoms with Crippen molar-refractivity contribution < 1.29 is 47.1 Å². The SMILES string of the molecule is C[C@@H]1NC(=O)[C@H](C)N(C)C(=O)[C@@H]2CCCN2C(=O)[C@@H](NC(=O)[C@H](Cc2cc(F)cc(F)c2)NC(=O)[C@@]23C[C@@H]4C[C@@H](C[C@@H]2C4)C3)COC(=O)[C@@H]2CCCN2C1=O. The summed E-state index contributed by atoms with van der Waals surface area (Å²) in [6, 6.07) is -4.07. The molecule has 0 aromatic heterocycles. The van der Waals surface area contributed by atoms with Gasteiger partial charge in [0.25, 0.3) is 0 Å². The molecule has 8 rings (SSSR count). The molecule has 14 nitrogen and oxygen atoms in total. The predicted molar refractivity (Wildman–Crippen MR) is 190 cm³/mol. The molecule has 1 aromatic carbocycles. The van der Waals surface area contributed by atoms with Crippen LogP contribution in [-0.2, 0) is 44.7 Å². The first-order valence-corrected chi connectivity index (χ1v) is 19.6. The second kappa shape index (κ2) is 15.1. The number of likely N-dealkylation sites (N-methyl/N-ethyl adjacent to an activating group) is 1. The van der Waals surface area contributed by atoms with E-state index in [2.05, 4.69) is 16.0 Å². The number of rotatable bonds is 6. The Bertz CT molecular complexity index is 1740. The highest BCUT2D eigenvalue weighted by Gasteiger charge is 2.61. The van der Waals surface area contributed by atoms with Crippen molar-refractivity contribution in [2.45, 2.75) is 114 Å². The number of carbonyl (C=O) groups excluding carboxylic acids is 7. The lowest BCUT2D eigenvalue weighted by molar-refractivity contribution is -0.158. The summed E-state index contributed by atoms with van der Waals surface area (Å²) in [5.74, 6) is -4.99. The Morgan fingerprint density at radius 2 is 1.51 bits per heavy atom. The number of nitrogens with one attached hydrogen (secondary N) is 3. The van der Waals surface area contributed by atoms with Gasteiger partial charge in [0.2, 0.25) is 35.4 Å². The molecule has 298 valence electrons. The number of amides is 6. The quantitative estimate of drug-likeness (QED) is 0.362.